The number of hydrogen-bond acceptors (Lipinski definition) is 7. The molecule has 4 heterocycles. The molecule has 0 spiro atoms. The fraction of sp³-hybridized carbons (Fsp3) is 0.370. The highest BCUT2D eigenvalue weighted by Crippen LogP contribution is 2.35. The number of guanidine groups is 1. The largest absolute Gasteiger partial charge is 0.480 e. The van der Waals surface area contributed by atoms with Crippen LogP contribution in [-0.4, -0.2) is 94.1 Å². The number of pyridine rings is 1. The van der Waals surface area contributed by atoms with Crippen LogP contribution in [0, 0.1) is 0 Å². The second kappa shape index (κ2) is 11.9. The Balaban J connectivity index is 1.28. The van der Waals surface area contributed by atoms with Crippen molar-refractivity contribution in [2.75, 3.05) is 33.2 Å². The van der Waals surface area contributed by atoms with Gasteiger partial charge in [0.25, 0.3) is 11.8 Å². The van der Waals surface area contributed by atoms with E-state index in [4.69, 9.17) is 27.6 Å². The van der Waals surface area contributed by atoms with Gasteiger partial charge in [0.05, 0.1) is 21.7 Å². The van der Waals surface area contributed by atoms with Crippen LogP contribution in [0.25, 0.3) is 11.1 Å². The van der Waals surface area contributed by atoms with E-state index in [0.717, 1.165) is 5.39 Å². The summed E-state index contributed by atoms with van der Waals surface area (Å²) < 4.78 is 5.62. The number of aliphatic hydroxyl groups excluding tert-OH is 1. The quantitative estimate of drug-likeness (QED) is 0.245. The fourth-order valence-electron chi connectivity index (χ4n) is 5.06. The average Bonchev–Trinajstić information content (AvgIpc) is 3.58. The summed E-state index contributed by atoms with van der Waals surface area (Å²) in [5.74, 6) is -1.72. The van der Waals surface area contributed by atoms with Gasteiger partial charge in [-0.3, -0.25) is 14.6 Å². The second-order valence-electron chi connectivity index (χ2n) is 9.85. The SMILES string of the molecule is CN=C(NC[C@H](NC(=O)c1c(Cl)cc2c(c1Cl)CCN(C(=O)c1cc3cccnc3o1)C2)C(=O)O)N1CC[C@H](O)C1. The summed E-state index contributed by atoms with van der Waals surface area (Å²) in [4.78, 5) is 50.0. The van der Waals surface area contributed by atoms with E-state index >= 15 is 0 Å². The smallest absolute Gasteiger partial charge is 0.328 e. The van der Waals surface area contributed by atoms with Crippen LogP contribution in [0.3, 0.4) is 0 Å². The van der Waals surface area contributed by atoms with Gasteiger partial charge in [0.1, 0.15) is 6.04 Å². The highest BCUT2D eigenvalue weighted by atomic mass is 35.5. The number of aliphatic imine (C=N–C) groups is 1. The Labute approximate surface area is 244 Å². The zero-order valence-corrected chi connectivity index (χ0v) is 23.6. The number of hydrogen-bond donors (Lipinski definition) is 4. The molecule has 12 nitrogen and oxygen atoms in total. The van der Waals surface area contributed by atoms with Crippen molar-refractivity contribution in [1.82, 2.24) is 25.4 Å². The number of β-amino-alcohol motifs (C(OH)–C–C–N with tert-alkyl or cyclic N) is 1. The lowest BCUT2D eigenvalue weighted by Crippen LogP contribution is -2.51. The first-order valence-corrected chi connectivity index (χ1v) is 13.7. The van der Waals surface area contributed by atoms with E-state index in [-0.39, 0.29) is 40.4 Å². The van der Waals surface area contributed by atoms with Crippen molar-refractivity contribution < 1.29 is 29.0 Å². The van der Waals surface area contributed by atoms with E-state index in [2.05, 4.69) is 20.6 Å². The van der Waals surface area contributed by atoms with Crippen LogP contribution >= 0.6 is 23.2 Å². The number of halogens is 2. The molecular weight excluding hydrogens is 575 g/mol. The Kier molecular flexibility index (Phi) is 8.34. The fourth-order valence-corrected chi connectivity index (χ4v) is 5.82. The Morgan fingerprint density at radius 1 is 1.24 bits per heavy atom. The molecule has 14 heteroatoms. The zero-order chi connectivity index (χ0) is 29.3. The summed E-state index contributed by atoms with van der Waals surface area (Å²) >= 11 is 13.1. The first-order chi connectivity index (χ1) is 19.7. The van der Waals surface area contributed by atoms with Crippen LogP contribution in [0.1, 0.15) is 38.5 Å². The number of aromatic nitrogens is 1. The van der Waals surface area contributed by atoms with Crippen molar-refractivity contribution in [2.45, 2.75) is 31.5 Å². The molecule has 1 aromatic carbocycles. The van der Waals surface area contributed by atoms with Crippen molar-refractivity contribution in [1.29, 1.82) is 0 Å². The number of rotatable bonds is 6. The number of nitrogens with zero attached hydrogens (tertiary/aromatic N) is 4. The Hall–Kier alpha value is -3.87. The van der Waals surface area contributed by atoms with Gasteiger partial charge in [-0.05, 0) is 48.2 Å². The molecule has 216 valence electrons. The maximum absolute atomic E-state index is 13.2. The third-order valence-corrected chi connectivity index (χ3v) is 7.88. The van der Waals surface area contributed by atoms with Crippen LogP contribution in [0.5, 0.6) is 0 Å². The van der Waals surface area contributed by atoms with Gasteiger partial charge in [0.15, 0.2) is 11.7 Å². The molecule has 3 aromatic rings. The molecule has 0 unspecified atom stereocenters. The Bertz CT molecular complexity index is 1510. The molecule has 0 saturated carbocycles. The molecule has 4 N–H and O–H groups in total. The van der Waals surface area contributed by atoms with Crippen LogP contribution in [0.2, 0.25) is 10.0 Å². The minimum atomic E-state index is -1.32. The summed E-state index contributed by atoms with van der Waals surface area (Å²) in [6.45, 7) is 1.32. The number of benzene rings is 1. The van der Waals surface area contributed by atoms with Crippen LogP contribution < -0.4 is 10.6 Å². The molecule has 2 amide bonds. The van der Waals surface area contributed by atoms with Gasteiger partial charge in [-0.25, -0.2) is 9.78 Å². The van der Waals surface area contributed by atoms with E-state index in [1.807, 2.05) is 4.90 Å². The number of aliphatic hydroxyl groups is 1. The van der Waals surface area contributed by atoms with Gasteiger partial charge >= 0.3 is 5.97 Å². The Morgan fingerprint density at radius 3 is 2.73 bits per heavy atom. The number of fused-ring (bicyclic) bond motifs is 2. The average molecular weight is 603 g/mol. The van der Waals surface area contributed by atoms with Crippen molar-refractivity contribution in [3.05, 3.63) is 63.0 Å². The van der Waals surface area contributed by atoms with Crippen LogP contribution in [0.4, 0.5) is 0 Å². The summed E-state index contributed by atoms with van der Waals surface area (Å²) in [5.41, 5.74) is 1.68. The standard InChI is InChI=1S/C27H28Cl2N6O6/c1-30-27(35-7-4-16(36)13-35)32-11-19(26(39)40)33-23(37)21-18(28)9-15-12-34(8-5-17(15)22(21)29)25(38)20-10-14-3-2-6-31-24(14)41-20/h2-3,6,9-10,16,19,36H,4-5,7-8,11-13H2,1H3,(H,30,32)(H,33,37)(H,39,40)/t16-,19-/m0/s1. The number of likely N-dealkylation sites (tertiary alicyclic amines) is 1. The summed E-state index contributed by atoms with van der Waals surface area (Å²) in [6, 6.07) is 5.46. The van der Waals surface area contributed by atoms with E-state index in [1.54, 1.807) is 42.4 Å². The normalized spacial score (nSPS) is 17.9. The van der Waals surface area contributed by atoms with E-state index in [9.17, 15) is 24.6 Å². The third-order valence-electron chi connectivity index (χ3n) is 7.17. The molecule has 1 fully saturated rings. The van der Waals surface area contributed by atoms with Crippen molar-refractivity contribution >= 4 is 58.0 Å². The predicted octanol–water partition coefficient (Wildman–Crippen LogP) is 2.16. The van der Waals surface area contributed by atoms with Crippen molar-refractivity contribution in [3.8, 4) is 0 Å². The number of carboxylic acids is 1. The molecule has 2 aliphatic heterocycles. The van der Waals surface area contributed by atoms with Gasteiger partial charge in [-0.15, -0.1) is 0 Å². The van der Waals surface area contributed by atoms with E-state index in [1.165, 1.54) is 0 Å². The second-order valence-corrected chi connectivity index (χ2v) is 10.6. The van der Waals surface area contributed by atoms with E-state index in [0.29, 0.717) is 55.3 Å². The highest BCUT2D eigenvalue weighted by Gasteiger charge is 2.31. The lowest BCUT2D eigenvalue weighted by atomic mass is 9.96. The number of carboxylic acid groups (broad SMARTS) is 1. The molecule has 0 bridgehead atoms. The summed E-state index contributed by atoms with van der Waals surface area (Å²) in [6.07, 6.45) is 2.04. The van der Waals surface area contributed by atoms with Crippen molar-refractivity contribution in [3.63, 3.8) is 0 Å². The first-order valence-electron chi connectivity index (χ1n) is 13.0. The van der Waals surface area contributed by atoms with Gasteiger partial charge in [0, 0.05) is 51.4 Å². The summed E-state index contributed by atoms with van der Waals surface area (Å²) in [5, 5.41) is 25.8. The molecule has 5 rings (SSSR count). The van der Waals surface area contributed by atoms with Crippen molar-refractivity contribution in [2.24, 2.45) is 4.99 Å². The summed E-state index contributed by atoms with van der Waals surface area (Å²) in [7, 11) is 1.55. The molecule has 0 radical (unpaired) electrons. The number of amides is 2. The highest BCUT2D eigenvalue weighted by molar-refractivity contribution is 6.40. The molecule has 2 aliphatic rings. The molecule has 1 saturated heterocycles. The molecule has 41 heavy (non-hydrogen) atoms. The lowest BCUT2D eigenvalue weighted by Gasteiger charge is -2.30. The van der Waals surface area contributed by atoms with Gasteiger partial charge in [0.2, 0.25) is 5.71 Å². The zero-order valence-electron chi connectivity index (χ0n) is 22.1. The topological polar surface area (TPSA) is 161 Å². The lowest BCUT2D eigenvalue weighted by molar-refractivity contribution is -0.139. The predicted molar refractivity (Wildman–Crippen MR) is 151 cm³/mol. The Morgan fingerprint density at radius 2 is 2.05 bits per heavy atom. The maximum Gasteiger partial charge on any atom is 0.328 e. The maximum atomic E-state index is 13.2. The number of carbonyl (C=O) groups excluding carboxylic acids is 2. The third kappa shape index (κ3) is 5.95. The van der Waals surface area contributed by atoms with Gasteiger partial charge < -0.3 is 35.1 Å². The molecule has 2 aromatic heterocycles. The molecular formula is C27H28Cl2N6O6. The minimum absolute atomic E-state index is 0.0338. The van der Waals surface area contributed by atoms with E-state index < -0.39 is 24.0 Å². The van der Waals surface area contributed by atoms with Gasteiger partial charge in [-0.1, -0.05) is 23.2 Å². The number of aliphatic carboxylic acids is 1. The van der Waals surface area contributed by atoms with Crippen LogP contribution in [0.15, 0.2) is 39.9 Å². The number of nitrogens with one attached hydrogen (secondary N) is 2. The van der Waals surface area contributed by atoms with Gasteiger partial charge in [-0.2, -0.15) is 0 Å². The minimum Gasteiger partial charge on any atom is -0.480 e. The number of carbonyl (C=O) groups is 3. The first kappa shape index (κ1) is 28.7. The molecule has 0 aliphatic carbocycles. The number of furan rings is 1. The van der Waals surface area contributed by atoms with Crippen LogP contribution in [-0.2, 0) is 17.8 Å². The molecule has 2 atom stereocenters. The monoisotopic (exact) mass is 602 g/mol.